The molecule has 0 spiro atoms. The number of halogens is 5. The number of nitrogen functional groups attached to an aromatic ring is 1. The monoisotopic (exact) mass is 359 g/mol. The number of nitrogens with two attached hydrogens (primary N) is 1. The lowest BCUT2D eigenvalue weighted by Crippen LogP contribution is -2.34. The SMILES string of the molecule is COC(=O)c1c(N)c(C#N)cn1-c1ccccc1C(F)(F)C(F)(F)F. The second-order valence-electron chi connectivity index (χ2n) is 4.87. The highest BCUT2D eigenvalue weighted by molar-refractivity contribution is 5.96. The highest BCUT2D eigenvalue weighted by Crippen LogP contribution is 2.46. The molecule has 0 amide bonds. The van der Waals surface area contributed by atoms with Crippen LogP contribution in [0, 0.1) is 11.3 Å². The maximum absolute atomic E-state index is 13.9. The summed E-state index contributed by atoms with van der Waals surface area (Å²) in [4.78, 5) is 11.9. The summed E-state index contributed by atoms with van der Waals surface area (Å²) < 4.78 is 71.2. The molecule has 2 aromatic rings. The van der Waals surface area contributed by atoms with E-state index in [9.17, 15) is 26.7 Å². The van der Waals surface area contributed by atoms with Crippen LogP contribution in [0.1, 0.15) is 21.6 Å². The maximum atomic E-state index is 13.9. The molecule has 5 nitrogen and oxygen atoms in total. The van der Waals surface area contributed by atoms with Gasteiger partial charge in [0.25, 0.3) is 0 Å². The van der Waals surface area contributed by atoms with Crippen LogP contribution in [-0.4, -0.2) is 23.8 Å². The van der Waals surface area contributed by atoms with E-state index in [0.717, 1.165) is 25.4 Å². The summed E-state index contributed by atoms with van der Waals surface area (Å²) in [5.74, 6) is -6.29. The maximum Gasteiger partial charge on any atom is 0.458 e. The van der Waals surface area contributed by atoms with Crippen molar-refractivity contribution in [3.63, 3.8) is 0 Å². The molecule has 2 N–H and O–H groups in total. The molecular formula is C15H10F5N3O2. The minimum Gasteiger partial charge on any atom is -0.464 e. The van der Waals surface area contributed by atoms with E-state index in [1.165, 1.54) is 6.07 Å². The first-order valence-corrected chi connectivity index (χ1v) is 6.60. The third-order valence-corrected chi connectivity index (χ3v) is 3.40. The zero-order valence-electron chi connectivity index (χ0n) is 12.6. The number of nitrogens with zero attached hydrogens (tertiary/aromatic N) is 2. The van der Waals surface area contributed by atoms with Crippen LogP contribution < -0.4 is 5.73 Å². The van der Waals surface area contributed by atoms with Crippen LogP contribution in [0.2, 0.25) is 0 Å². The predicted octanol–water partition coefficient (Wildman–Crippen LogP) is 3.37. The largest absolute Gasteiger partial charge is 0.464 e. The lowest BCUT2D eigenvalue weighted by molar-refractivity contribution is -0.289. The fraction of sp³-hybridized carbons (Fsp3) is 0.200. The molecule has 0 aliphatic heterocycles. The third-order valence-electron chi connectivity index (χ3n) is 3.40. The second-order valence-corrected chi connectivity index (χ2v) is 4.87. The molecule has 132 valence electrons. The van der Waals surface area contributed by atoms with Gasteiger partial charge in [0.15, 0.2) is 5.69 Å². The number of alkyl halides is 5. The molecule has 0 aliphatic rings. The average Bonchev–Trinajstić information content (AvgIpc) is 2.89. The van der Waals surface area contributed by atoms with Crippen LogP contribution in [-0.2, 0) is 10.7 Å². The van der Waals surface area contributed by atoms with Gasteiger partial charge in [-0.2, -0.15) is 27.2 Å². The summed E-state index contributed by atoms with van der Waals surface area (Å²) in [7, 11) is 0.974. The van der Waals surface area contributed by atoms with Crippen LogP contribution in [0.4, 0.5) is 27.6 Å². The van der Waals surface area contributed by atoms with Crippen molar-refractivity contribution in [1.82, 2.24) is 4.57 Å². The summed E-state index contributed by atoms with van der Waals surface area (Å²) in [6.45, 7) is 0. The molecule has 25 heavy (non-hydrogen) atoms. The Morgan fingerprint density at radius 3 is 2.36 bits per heavy atom. The smallest absolute Gasteiger partial charge is 0.458 e. The molecule has 1 aromatic carbocycles. The van der Waals surface area contributed by atoms with Crippen LogP contribution in [0.3, 0.4) is 0 Å². The van der Waals surface area contributed by atoms with E-state index in [2.05, 4.69) is 4.74 Å². The van der Waals surface area contributed by atoms with Crippen molar-refractivity contribution in [3.05, 3.63) is 47.3 Å². The van der Waals surface area contributed by atoms with Crippen LogP contribution in [0.5, 0.6) is 0 Å². The number of rotatable bonds is 3. The molecule has 1 heterocycles. The van der Waals surface area contributed by atoms with Gasteiger partial charge in [-0.05, 0) is 6.07 Å². The van der Waals surface area contributed by atoms with Crippen LogP contribution in [0.25, 0.3) is 5.69 Å². The Bertz CT molecular complexity index is 865. The fourth-order valence-electron chi connectivity index (χ4n) is 2.21. The van der Waals surface area contributed by atoms with E-state index in [-0.39, 0.29) is 11.3 Å². The van der Waals surface area contributed by atoms with Gasteiger partial charge in [-0.3, -0.25) is 0 Å². The number of aromatic nitrogens is 1. The van der Waals surface area contributed by atoms with E-state index < -0.39 is 35.0 Å². The Hall–Kier alpha value is -3.09. The summed E-state index contributed by atoms with van der Waals surface area (Å²) in [6, 6.07) is 5.35. The topological polar surface area (TPSA) is 81.0 Å². The summed E-state index contributed by atoms with van der Waals surface area (Å²) in [6.07, 6.45) is -4.96. The van der Waals surface area contributed by atoms with Gasteiger partial charge in [-0.25, -0.2) is 4.79 Å². The van der Waals surface area contributed by atoms with Crippen molar-refractivity contribution in [1.29, 1.82) is 5.26 Å². The van der Waals surface area contributed by atoms with Crippen molar-refractivity contribution in [2.45, 2.75) is 12.1 Å². The first kappa shape index (κ1) is 18.3. The molecule has 1 aromatic heterocycles. The van der Waals surface area contributed by atoms with Crippen molar-refractivity contribution in [3.8, 4) is 11.8 Å². The van der Waals surface area contributed by atoms with Gasteiger partial charge >= 0.3 is 18.1 Å². The fourth-order valence-corrected chi connectivity index (χ4v) is 2.21. The van der Waals surface area contributed by atoms with Gasteiger partial charge < -0.3 is 15.0 Å². The molecule has 0 bridgehead atoms. The average molecular weight is 359 g/mol. The normalized spacial score (nSPS) is 11.9. The predicted molar refractivity (Wildman–Crippen MR) is 76.2 cm³/mol. The quantitative estimate of drug-likeness (QED) is 0.673. The number of benzene rings is 1. The standard InChI is InChI=1S/C15H10F5N3O2/c1-25-13(24)12-11(22)8(6-21)7-23(12)10-5-3-2-4-9(10)14(16,17)15(18,19)20/h2-5,7H,22H2,1H3. The number of anilines is 1. The van der Waals surface area contributed by atoms with Crippen molar-refractivity contribution in [2.24, 2.45) is 0 Å². The lowest BCUT2D eigenvalue weighted by Gasteiger charge is -2.23. The summed E-state index contributed by atoms with van der Waals surface area (Å²) in [5.41, 5.74) is 2.38. The Kier molecular flexibility index (Phi) is 4.44. The van der Waals surface area contributed by atoms with Crippen molar-refractivity contribution < 1.29 is 31.5 Å². The first-order chi connectivity index (χ1) is 11.6. The van der Waals surface area contributed by atoms with Crippen molar-refractivity contribution in [2.75, 3.05) is 12.8 Å². The van der Waals surface area contributed by atoms with Gasteiger partial charge in [0.1, 0.15) is 6.07 Å². The molecule has 0 saturated carbocycles. The zero-order chi connectivity index (χ0) is 19.0. The summed E-state index contributed by atoms with van der Waals surface area (Å²) in [5, 5.41) is 8.99. The molecule has 2 rings (SSSR count). The molecular weight excluding hydrogens is 349 g/mol. The van der Waals surface area contributed by atoms with Gasteiger partial charge in [-0.1, -0.05) is 18.2 Å². The number of carbonyl (C=O) groups excluding carboxylic acids is 1. The van der Waals surface area contributed by atoms with Gasteiger partial charge in [-0.15, -0.1) is 0 Å². The summed E-state index contributed by atoms with van der Waals surface area (Å²) >= 11 is 0. The lowest BCUT2D eigenvalue weighted by atomic mass is 10.1. The second kappa shape index (κ2) is 6.08. The Morgan fingerprint density at radius 1 is 1.24 bits per heavy atom. The molecule has 0 radical (unpaired) electrons. The number of hydrogen-bond acceptors (Lipinski definition) is 4. The van der Waals surface area contributed by atoms with Gasteiger partial charge in [0.05, 0.1) is 29.6 Å². The van der Waals surface area contributed by atoms with Gasteiger partial charge in [0, 0.05) is 6.20 Å². The third kappa shape index (κ3) is 2.88. The van der Waals surface area contributed by atoms with E-state index in [4.69, 9.17) is 11.0 Å². The van der Waals surface area contributed by atoms with Crippen molar-refractivity contribution >= 4 is 11.7 Å². The number of para-hydroxylation sites is 1. The van der Waals surface area contributed by atoms with E-state index in [1.807, 2.05) is 0 Å². The Morgan fingerprint density at radius 2 is 1.84 bits per heavy atom. The highest BCUT2D eigenvalue weighted by Gasteiger charge is 2.59. The Labute approximate surface area is 138 Å². The van der Waals surface area contributed by atoms with Crippen LogP contribution in [0.15, 0.2) is 30.5 Å². The number of nitriles is 1. The first-order valence-electron chi connectivity index (χ1n) is 6.60. The molecule has 0 aliphatic carbocycles. The molecule has 0 saturated heterocycles. The van der Waals surface area contributed by atoms with Gasteiger partial charge in [0.2, 0.25) is 0 Å². The number of esters is 1. The minimum absolute atomic E-state index is 0.273. The minimum atomic E-state index is -5.86. The number of hydrogen-bond donors (Lipinski definition) is 1. The highest BCUT2D eigenvalue weighted by atomic mass is 19.4. The number of carbonyl (C=O) groups is 1. The molecule has 0 atom stereocenters. The number of ether oxygens (including phenoxy) is 1. The zero-order valence-corrected chi connectivity index (χ0v) is 12.6. The molecule has 10 heteroatoms. The molecule has 0 fully saturated rings. The van der Waals surface area contributed by atoms with E-state index in [0.29, 0.717) is 10.6 Å². The van der Waals surface area contributed by atoms with Crippen LogP contribution >= 0.6 is 0 Å². The number of methoxy groups -OCH3 is 1. The Balaban J connectivity index is 2.83. The van der Waals surface area contributed by atoms with E-state index in [1.54, 1.807) is 6.07 Å². The molecule has 0 unspecified atom stereocenters. The van der Waals surface area contributed by atoms with E-state index >= 15 is 0 Å².